The molecule has 0 radical (unpaired) electrons. The fourth-order valence-corrected chi connectivity index (χ4v) is 1.80. The van der Waals surface area contributed by atoms with Gasteiger partial charge in [-0.15, -0.1) is 0 Å². The summed E-state index contributed by atoms with van der Waals surface area (Å²) in [5.74, 6) is 1.35. The number of halogens is 1. The van der Waals surface area contributed by atoms with E-state index < -0.39 is 0 Å². The predicted molar refractivity (Wildman–Crippen MR) is 54.9 cm³/mol. The van der Waals surface area contributed by atoms with Gasteiger partial charge in [0.05, 0.1) is 5.02 Å². The van der Waals surface area contributed by atoms with E-state index in [4.69, 9.17) is 26.8 Å². The zero-order chi connectivity index (χ0) is 10.1. The highest BCUT2D eigenvalue weighted by Crippen LogP contribution is 2.39. The molecular formula is C10H12ClNO2. The summed E-state index contributed by atoms with van der Waals surface area (Å²) in [6.45, 7) is 2.20. The molecule has 0 aliphatic carbocycles. The quantitative estimate of drug-likeness (QED) is 0.817. The highest BCUT2D eigenvalue weighted by Gasteiger charge is 2.18. The molecule has 14 heavy (non-hydrogen) atoms. The van der Waals surface area contributed by atoms with Gasteiger partial charge in [-0.2, -0.15) is 0 Å². The first-order valence-corrected chi connectivity index (χ1v) is 4.88. The Morgan fingerprint density at radius 1 is 1.50 bits per heavy atom. The normalized spacial score (nSPS) is 15.6. The van der Waals surface area contributed by atoms with Crippen molar-refractivity contribution in [3.8, 4) is 11.5 Å². The minimum Gasteiger partial charge on any atom is -0.454 e. The Morgan fingerprint density at radius 3 is 3.00 bits per heavy atom. The standard InChI is InChI=1S/C10H12ClNO2/c1-6(12)2-7-3-8(11)10-9(4-7)13-5-14-10/h3-4,6H,2,5,12H2,1H3/t6-/m1/s1. The fourth-order valence-electron chi connectivity index (χ4n) is 1.51. The van der Waals surface area contributed by atoms with Gasteiger partial charge >= 0.3 is 0 Å². The summed E-state index contributed by atoms with van der Waals surface area (Å²) in [6.07, 6.45) is 0.788. The fraction of sp³-hybridized carbons (Fsp3) is 0.400. The average Bonchev–Trinajstić information content (AvgIpc) is 2.50. The van der Waals surface area contributed by atoms with Crippen LogP contribution in [0.2, 0.25) is 5.02 Å². The van der Waals surface area contributed by atoms with Crippen LogP contribution >= 0.6 is 11.6 Å². The van der Waals surface area contributed by atoms with Crippen LogP contribution in [0.1, 0.15) is 12.5 Å². The SMILES string of the molecule is C[C@@H](N)Cc1cc(Cl)c2c(c1)OCO2. The Kier molecular flexibility index (Phi) is 2.52. The molecule has 0 amide bonds. The maximum Gasteiger partial charge on any atom is 0.231 e. The van der Waals surface area contributed by atoms with E-state index in [1.54, 1.807) is 0 Å². The number of ether oxygens (including phenoxy) is 2. The smallest absolute Gasteiger partial charge is 0.231 e. The predicted octanol–water partition coefficient (Wildman–Crippen LogP) is 1.96. The van der Waals surface area contributed by atoms with Crippen LogP contribution in [-0.4, -0.2) is 12.8 Å². The van der Waals surface area contributed by atoms with Crippen molar-refractivity contribution in [2.75, 3.05) is 6.79 Å². The lowest BCUT2D eigenvalue weighted by Crippen LogP contribution is -2.17. The van der Waals surface area contributed by atoms with Gasteiger partial charge in [0.25, 0.3) is 0 Å². The van der Waals surface area contributed by atoms with Gasteiger partial charge in [0.2, 0.25) is 6.79 Å². The van der Waals surface area contributed by atoms with Gasteiger partial charge in [0.15, 0.2) is 11.5 Å². The van der Waals surface area contributed by atoms with Gasteiger partial charge in [0, 0.05) is 6.04 Å². The molecule has 1 aliphatic rings. The average molecular weight is 214 g/mol. The van der Waals surface area contributed by atoms with Crippen molar-refractivity contribution >= 4 is 11.6 Å². The van der Waals surface area contributed by atoms with Crippen LogP contribution in [0, 0.1) is 0 Å². The zero-order valence-electron chi connectivity index (χ0n) is 7.92. The second-order valence-corrected chi connectivity index (χ2v) is 3.90. The van der Waals surface area contributed by atoms with Crippen LogP contribution in [-0.2, 0) is 6.42 Å². The van der Waals surface area contributed by atoms with Crippen molar-refractivity contribution in [1.29, 1.82) is 0 Å². The van der Waals surface area contributed by atoms with Crippen LogP contribution in [0.15, 0.2) is 12.1 Å². The third-order valence-corrected chi connectivity index (χ3v) is 2.33. The lowest BCUT2D eigenvalue weighted by molar-refractivity contribution is 0.174. The molecule has 0 unspecified atom stereocenters. The summed E-state index contributed by atoms with van der Waals surface area (Å²) in [5, 5.41) is 0.593. The first-order chi connectivity index (χ1) is 6.66. The van der Waals surface area contributed by atoms with E-state index in [1.165, 1.54) is 0 Å². The molecule has 0 saturated heterocycles. The molecule has 2 rings (SSSR count). The van der Waals surface area contributed by atoms with E-state index in [-0.39, 0.29) is 12.8 Å². The summed E-state index contributed by atoms with van der Waals surface area (Å²) >= 11 is 6.01. The highest BCUT2D eigenvalue weighted by atomic mass is 35.5. The Labute approximate surface area is 87.8 Å². The Morgan fingerprint density at radius 2 is 2.29 bits per heavy atom. The number of nitrogens with two attached hydrogens (primary N) is 1. The molecule has 76 valence electrons. The van der Waals surface area contributed by atoms with Crippen LogP contribution in [0.5, 0.6) is 11.5 Å². The molecule has 0 bridgehead atoms. The molecule has 0 aromatic heterocycles. The van der Waals surface area contributed by atoms with Gasteiger partial charge in [-0.05, 0) is 31.0 Å². The van der Waals surface area contributed by atoms with Crippen molar-refractivity contribution < 1.29 is 9.47 Å². The monoisotopic (exact) mass is 213 g/mol. The number of hydrogen-bond acceptors (Lipinski definition) is 3. The number of benzene rings is 1. The van der Waals surface area contributed by atoms with Crippen LogP contribution in [0.3, 0.4) is 0 Å². The summed E-state index contributed by atoms with van der Waals surface area (Å²) in [4.78, 5) is 0. The molecule has 1 aromatic carbocycles. The summed E-state index contributed by atoms with van der Waals surface area (Å²) < 4.78 is 10.5. The number of hydrogen-bond donors (Lipinski definition) is 1. The van der Waals surface area contributed by atoms with Gasteiger partial charge < -0.3 is 15.2 Å². The molecule has 1 heterocycles. The van der Waals surface area contributed by atoms with E-state index in [2.05, 4.69) is 0 Å². The van der Waals surface area contributed by atoms with Crippen LogP contribution < -0.4 is 15.2 Å². The molecule has 1 aromatic rings. The molecule has 0 saturated carbocycles. The molecule has 2 N–H and O–H groups in total. The third-order valence-electron chi connectivity index (χ3n) is 2.04. The second kappa shape index (κ2) is 3.67. The number of rotatable bonds is 2. The lowest BCUT2D eigenvalue weighted by atomic mass is 10.1. The van der Waals surface area contributed by atoms with Crippen LogP contribution in [0.25, 0.3) is 0 Å². The largest absolute Gasteiger partial charge is 0.454 e. The molecule has 3 nitrogen and oxygen atoms in total. The molecule has 0 fully saturated rings. The summed E-state index contributed by atoms with van der Waals surface area (Å²) in [7, 11) is 0. The Bertz CT molecular complexity index is 352. The van der Waals surface area contributed by atoms with Gasteiger partial charge in [-0.3, -0.25) is 0 Å². The molecule has 1 aliphatic heterocycles. The van der Waals surface area contributed by atoms with Crippen molar-refractivity contribution in [2.45, 2.75) is 19.4 Å². The topological polar surface area (TPSA) is 44.5 Å². The lowest BCUT2D eigenvalue weighted by Gasteiger charge is -2.07. The maximum atomic E-state index is 6.01. The third kappa shape index (κ3) is 1.79. The van der Waals surface area contributed by atoms with Crippen molar-refractivity contribution in [3.63, 3.8) is 0 Å². The van der Waals surface area contributed by atoms with Gasteiger partial charge in [-0.25, -0.2) is 0 Å². The highest BCUT2D eigenvalue weighted by molar-refractivity contribution is 6.32. The molecule has 0 spiro atoms. The molecule has 1 atom stereocenters. The van der Waals surface area contributed by atoms with Crippen molar-refractivity contribution in [3.05, 3.63) is 22.7 Å². The Balaban J connectivity index is 2.32. The second-order valence-electron chi connectivity index (χ2n) is 3.49. The summed E-state index contributed by atoms with van der Waals surface area (Å²) in [6, 6.07) is 3.92. The molecule has 4 heteroatoms. The van der Waals surface area contributed by atoms with E-state index in [0.29, 0.717) is 16.5 Å². The van der Waals surface area contributed by atoms with E-state index >= 15 is 0 Å². The molecular weight excluding hydrogens is 202 g/mol. The van der Waals surface area contributed by atoms with E-state index in [1.807, 2.05) is 19.1 Å². The Hall–Kier alpha value is -0.930. The van der Waals surface area contributed by atoms with E-state index in [0.717, 1.165) is 12.0 Å². The first-order valence-electron chi connectivity index (χ1n) is 4.50. The maximum absolute atomic E-state index is 6.01. The van der Waals surface area contributed by atoms with Crippen LogP contribution in [0.4, 0.5) is 0 Å². The van der Waals surface area contributed by atoms with Crippen molar-refractivity contribution in [1.82, 2.24) is 0 Å². The number of fused-ring (bicyclic) bond motifs is 1. The minimum absolute atomic E-state index is 0.117. The van der Waals surface area contributed by atoms with Gasteiger partial charge in [0.1, 0.15) is 0 Å². The van der Waals surface area contributed by atoms with E-state index in [9.17, 15) is 0 Å². The zero-order valence-corrected chi connectivity index (χ0v) is 8.67. The summed E-state index contributed by atoms with van der Waals surface area (Å²) in [5.41, 5.74) is 6.78. The minimum atomic E-state index is 0.117. The van der Waals surface area contributed by atoms with Gasteiger partial charge in [-0.1, -0.05) is 11.6 Å². The first kappa shape index (κ1) is 9.62. The van der Waals surface area contributed by atoms with Crippen molar-refractivity contribution in [2.24, 2.45) is 5.73 Å².